The second-order valence-electron chi connectivity index (χ2n) is 4.09. The van der Waals surface area contributed by atoms with Crippen molar-refractivity contribution in [1.82, 2.24) is 0 Å². The van der Waals surface area contributed by atoms with Crippen LogP contribution in [0.4, 0.5) is 11.4 Å². The van der Waals surface area contributed by atoms with E-state index in [1.165, 1.54) is 43.6 Å². The van der Waals surface area contributed by atoms with Gasteiger partial charge in [-0.25, -0.2) is 0 Å². The minimum atomic E-state index is 0.894. The van der Waals surface area contributed by atoms with Crippen molar-refractivity contribution in [2.75, 3.05) is 23.7 Å². The van der Waals surface area contributed by atoms with Crippen molar-refractivity contribution in [2.24, 2.45) is 0 Å². The highest BCUT2D eigenvalue weighted by atomic mass is 15.1. The molecule has 1 saturated heterocycles. The lowest BCUT2D eigenvalue weighted by Gasteiger charge is -2.29. The number of benzene rings is 1. The van der Waals surface area contributed by atoms with E-state index in [1.54, 1.807) is 0 Å². The minimum absolute atomic E-state index is 0.894. The Morgan fingerprint density at radius 3 is 2.25 bits per heavy atom. The molecular formula is C14H24N2. The number of piperidine rings is 1. The van der Waals surface area contributed by atoms with Crippen LogP contribution in [0.25, 0.3) is 0 Å². The third-order valence-corrected chi connectivity index (χ3v) is 2.97. The Morgan fingerprint density at radius 1 is 1.06 bits per heavy atom. The van der Waals surface area contributed by atoms with E-state index in [4.69, 9.17) is 5.73 Å². The molecular weight excluding hydrogens is 196 g/mol. The lowest BCUT2D eigenvalue weighted by atomic mass is 10.1. The van der Waals surface area contributed by atoms with E-state index in [1.807, 2.05) is 19.9 Å². The quantitative estimate of drug-likeness (QED) is 0.733. The van der Waals surface area contributed by atoms with Crippen molar-refractivity contribution < 1.29 is 0 Å². The van der Waals surface area contributed by atoms with Crippen molar-refractivity contribution >= 4 is 11.4 Å². The number of nitrogen functional groups attached to an aromatic ring is 1. The molecule has 0 atom stereocenters. The molecule has 2 rings (SSSR count). The molecule has 0 saturated carbocycles. The first-order chi connectivity index (χ1) is 7.77. The smallest absolute Gasteiger partial charge is 0.0370 e. The first kappa shape index (κ1) is 12.9. The van der Waals surface area contributed by atoms with Gasteiger partial charge in [-0.05, 0) is 49.9 Å². The van der Waals surface area contributed by atoms with Gasteiger partial charge in [0.15, 0.2) is 0 Å². The third-order valence-electron chi connectivity index (χ3n) is 2.97. The monoisotopic (exact) mass is 220 g/mol. The molecule has 1 aliphatic rings. The van der Waals surface area contributed by atoms with Gasteiger partial charge in [-0.3, -0.25) is 0 Å². The molecule has 1 aromatic carbocycles. The molecule has 0 bridgehead atoms. The first-order valence-corrected chi connectivity index (χ1v) is 6.38. The molecule has 2 N–H and O–H groups in total. The normalized spacial score (nSPS) is 15.3. The number of aryl methyl sites for hydroxylation is 1. The average Bonchev–Trinajstić information content (AvgIpc) is 2.36. The lowest BCUT2D eigenvalue weighted by molar-refractivity contribution is 0.578. The molecule has 2 heteroatoms. The maximum atomic E-state index is 5.80. The van der Waals surface area contributed by atoms with E-state index in [9.17, 15) is 0 Å². The van der Waals surface area contributed by atoms with Gasteiger partial charge in [-0.15, -0.1) is 0 Å². The topological polar surface area (TPSA) is 29.3 Å². The molecule has 0 unspecified atom stereocenters. The van der Waals surface area contributed by atoms with Crippen molar-refractivity contribution in [3.63, 3.8) is 0 Å². The van der Waals surface area contributed by atoms with Crippen molar-refractivity contribution in [3.05, 3.63) is 23.8 Å². The number of nitrogens with two attached hydrogens (primary N) is 1. The number of hydrogen-bond acceptors (Lipinski definition) is 2. The predicted octanol–water partition coefficient (Wildman–Crippen LogP) is 3.59. The molecule has 1 aromatic rings. The molecule has 1 fully saturated rings. The Labute approximate surface area is 99.5 Å². The van der Waals surface area contributed by atoms with Gasteiger partial charge >= 0.3 is 0 Å². The second-order valence-corrected chi connectivity index (χ2v) is 4.09. The molecule has 1 aliphatic heterocycles. The predicted molar refractivity (Wildman–Crippen MR) is 73.0 cm³/mol. The highest BCUT2D eigenvalue weighted by Crippen LogP contribution is 2.23. The second kappa shape index (κ2) is 6.41. The molecule has 2 nitrogen and oxygen atoms in total. The molecule has 1 heterocycles. The van der Waals surface area contributed by atoms with Crippen molar-refractivity contribution in [2.45, 2.75) is 40.0 Å². The van der Waals surface area contributed by atoms with E-state index < -0.39 is 0 Å². The summed E-state index contributed by atoms with van der Waals surface area (Å²) in [6, 6.07) is 6.34. The number of anilines is 2. The average molecular weight is 220 g/mol. The van der Waals surface area contributed by atoms with Gasteiger partial charge in [0.1, 0.15) is 0 Å². The van der Waals surface area contributed by atoms with Crippen molar-refractivity contribution in [3.8, 4) is 0 Å². The van der Waals surface area contributed by atoms with Crippen LogP contribution in [-0.4, -0.2) is 13.1 Å². The molecule has 0 aromatic heterocycles. The van der Waals surface area contributed by atoms with Gasteiger partial charge in [0, 0.05) is 24.5 Å². The highest BCUT2D eigenvalue weighted by molar-refractivity contribution is 5.58. The van der Waals surface area contributed by atoms with Gasteiger partial charge < -0.3 is 10.6 Å². The standard InChI is InChI=1S/C12H18N2.C2H6/c1-10-9-11(5-6-12(10)13)14-7-3-2-4-8-14;1-2/h5-6,9H,2-4,7-8,13H2,1H3;1-2H3. The van der Waals surface area contributed by atoms with E-state index in [0.29, 0.717) is 0 Å². The van der Waals surface area contributed by atoms with Gasteiger partial charge in [0.2, 0.25) is 0 Å². The van der Waals surface area contributed by atoms with Crippen LogP contribution in [0.15, 0.2) is 18.2 Å². The zero-order chi connectivity index (χ0) is 12.0. The van der Waals surface area contributed by atoms with E-state index >= 15 is 0 Å². The van der Waals surface area contributed by atoms with Crippen LogP contribution in [0, 0.1) is 6.92 Å². The maximum Gasteiger partial charge on any atom is 0.0370 e. The number of hydrogen-bond donors (Lipinski definition) is 1. The molecule has 16 heavy (non-hydrogen) atoms. The van der Waals surface area contributed by atoms with E-state index in [-0.39, 0.29) is 0 Å². The summed E-state index contributed by atoms with van der Waals surface area (Å²) in [4.78, 5) is 2.45. The summed E-state index contributed by atoms with van der Waals surface area (Å²) in [7, 11) is 0. The zero-order valence-corrected chi connectivity index (χ0v) is 10.8. The van der Waals surface area contributed by atoms with Crippen LogP contribution in [0.5, 0.6) is 0 Å². The Kier molecular flexibility index (Phi) is 5.17. The third kappa shape index (κ3) is 3.16. The van der Waals surface area contributed by atoms with Gasteiger partial charge in [0.05, 0.1) is 0 Å². The summed E-state index contributed by atoms with van der Waals surface area (Å²) in [5.41, 5.74) is 9.21. The largest absolute Gasteiger partial charge is 0.399 e. The van der Waals surface area contributed by atoms with Gasteiger partial charge in [-0.2, -0.15) is 0 Å². The highest BCUT2D eigenvalue weighted by Gasteiger charge is 2.10. The van der Waals surface area contributed by atoms with Crippen LogP contribution in [0.3, 0.4) is 0 Å². The Morgan fingerprint density at radius 2 is 1.69 bits per heavy atom. The summed E-state index contributed by atoms with van der Waals surface area (Å²) >= 11 is 0. The van der Waals surface area contributed by atoms with Crippen LogP contribution >= 0.6 is 0 Å². The van der Waals surface area contributed by atoms with E-state index in [0.717, 1.165) is 5.69 Å². The fraction of sp³-hybridized carbons (Fsp3) is 0.571. The Hall–Kier alpha value is -1.18. The summed E-state index contributed by atoms with van der Waals surface area (Å²) in [6.07, 6.45) is 4.03. The molecule has 0 aliphatic carbocycles. The summed E-state index contributed by atoms with van der Waals surface area (Å²) < 4.78 is 0. The van der Waals surface area contributed by atoms with E-state index in [2.05, 4.69) is 24.0 Å². The molecule has 0 spiro atoms. The van der Waals surface area contributed by atoms with Crippen molar-refractivity contribution in [1.29, 1.82) is 0 Å². The van der Waals surface area contributed by atoms with Crippen LogP contribution < -0.4 is 10.6 Å². The zero-order valence-electron chi connectivity index (χ0n) is 10.8. The summed E-state index contributed by atoms with van der Waals surface area (Å²) in [5, 5.41) is 0. The molecule has 0 radical (unpaired) electrons. The van der Waals surface area contributed by atoms with Gasteiger partial charge in [-0.1, -0.05) is 13.8 Å². The molecule has 90 valence electrons. The maximum absolute atomic E-state index is 5.80. The first-order valence-electron chi connectivity index (χ1n) is 6.38. The lowest BCUT2D eigenvalue weighted by Crippen LogP contribution is -2.29. The Bertz CT molecular complexity index is 315. The van der Waals surface area contributed by atoms with Crippen LogP contribution in [0.1, 0.15) is 38.7 Å². The number of rotatable bonds is 1. The van der Waals surface area contributed by atoms with Crippen LogP contribution in [-0.2, 0) is 0 Å². The summed E-state index contributed by atoms with van der Waals surface area (Å²) in [6.45, 7) is 8.47. The summed E-state index contributed by atoms with van der Waals surface area (Å²) in [5.74, 6) is 0. The number of nitrogens with zero attached hydrogens (tertiary/aromatic N) is 1. The molecule has 0 amide bonds. The fourth-order valence-corrected chi connectivity index (χ4v) is 2.01. The fourth-order valence-electron chi connectivity index (χ4n) is 2.01. The van der Waals surface area contributed by atoms with Crippen LogP contribution in [0.2, 0.25) is 0 Å². The SMILES string of the molecule is CC.Cc1cc(N2CCCCC2)ccc1N. The van der Waals surface area contributed by atoms with Gasteiger partial charge in [0.25, 0.3) is 0 Å². The Balaban J connectivity index is 0.000000606. The minimum Gasteiger partial charge on any atom is -0.399 e.